The molecule has 3 aromatic heterocycles. The maximum Gasteiger partial charge on any atom is 0.356 e. The summed E-state index contributed by atoms with van der Waals surface area (Å²) in [5, 5.41) is 5.44. The van der Waals surface area contributed by atoms with E-state index in [4.69, 9.17) is 21.4 Å². The molecule has 0 atom stereocenters. The van der Waals surface area contributed by atoms with Crippen LogP contribution in [0.1, 0.15) is 21.7 Å². The number of fused-ring (bicyclic) bond motifs is 1. The molecule has 6 nitrogen and oxygen atoms in total. The number of ether oxygens (including phenoxy) is 1. The summed E-state index contributed by atoms with van der Waals surface area (Å²) in [6.07, 6.45) is 2.40. The number of halogens is 1. The van der Waals surface area contributed by atoms with E-state index in [0.717, 1.165) is 47.2 Å². The minimum Gasteiger partial charge on any atom is -0.464 e. The van der Waals surface area contributed by atoms with Gasteiger partial charge in [0.05, 0.1) is 17.6 Å². The molecule has 1 fully saturated rings. The van der Waals surface area contributed by atoms with Crippen molar-refractivity contribution in [3.05, 3.63) is 58.5 Å². The smallest absolute Gasteiger partial charge is 0.356 e. The summed E-state index contributed by atoms with van der Waals surface area (Å²) >= 11 is 8.12. The second-order valence-electron chi connectivity index (χ2n) is 6.26. The highest BCUT2D eigenvalue weighted by atomic mass is 35.5. The van der Waals surface area contributed by atoms with Crippen molar-refractivity contribution in [2.45, 2.75) is 6.42 Å². The van der Waals surface area contributed by atoms with Crippen LogP contribution in [0.2, 0.25) is 5.02 Å². The van der Waals surface area contributed by atoms with Crippen LogP contribution in [0, 0.1) is 0 Å². The van der Waals surface area contributed by atoms with Crippen molar-refractivity contribution >= 4 is 40.7 Å². The lowest BCUT2D eigenvalue weighted by molar-refractivity contribution is 0.0593. The van der Waals surface area contributed by atoms with Gasteiger partial charge in [0.1, 0.15) is 5.69 Å². The average molecular weight is 403 g/mol. The first-order valence-corrected chi connectivity index (χ1v) is 10.2. The summed E-state index contributed by atoms with van der Waals surface area (Å²) in [5.74, 6) is 2.70. The number of methoxy groups -OCH3 is 1. The first kappa shape index (κ1) is 18.1. The van der Waals surface area contributed by atoms with Gasteiger partial charge in [0.25, 0.3) is 0 Å². The van der Waals surface area contributed by atoms with E-state index in [-0.39, 0.29) is 0 Å². The minimum atomic E-state index is -0.434. The van der Waals surface area contributed by atoms with Crippen LogP contribution >= 0.6 is 23.4 Å². The number of carbonyl (C=O) groups excluding carboxylic acids is 1. The molecular weight excluding hydrogens is 384 g/mol. The molecule has 0 amide bonds. The monoisotopic (exact) mass is 402 g/mol. The molecule has 4 rings (SSSR count). The zero-order chi connectivity index (χ0) is 18.8. The molecule has 27 heavy (non-hydrogen) atoms. The summed E-state index contributed by atoms with van der Waals surface area (Å²) in [7, 11) is 1.36. The van der Waals surface area contributed by atoms with Crippen LogP contribution in [0.4, 0.5) is 5.82 Å². The van der Waals surface area contributed by atoms with E-state index in [2.05, 4.69) is 9.88 Å². The lowest BCUT2D eigenvalue weighted by Gasteiger charge is -2.27. The Morgan fingerprint density at radius 1 is 1.26 bits per heavy atom. The van der Waals surface area contributed by atoms with Crippen LogP contribution in [0.25, 0.3) is 5.52 Å². The molecule has 0 saturated carbocycles. The van der Waals surface area contributed by atoms with Gasteiger partial charge in [0.2, 0.25) is 0 Å². The van der Waals surface area contributed by atoms with Crippen LogP contribution in [0.15, 0.2) is 36.5 Å². The molecule has 1 saturated heterocycles. The number of rotatable bonds is 4. The molecule has 0 radical (unpaired) electrons. The molecule has 0 unspecified atom stereocenters. The fourth-order valence-electron chi connectivity index (χ4n) is 3.24. The Balaban J connectivity index is 1.76. The van der Waals surface area contributed by atoms with Crippen molar-refractivity contribution in [1.29, 1.82) is 0 Å². The number of hydrogen-bond acceptors (Lipinski definition) is 6. The van der Waals surface area contributed by atoms with E-state index < -0.39 is 5.97 Å². The van der Waals surface area contributed by atoms with Crippen LogP contribution in [-0.4, -0.2) is 52.3 Å². The molecule has 3 aromatic rings. The standard InChI is InChI=1S/C19H19ClN4O2S/c1-26-19(25)16-4-2-3-14(21-16)11-15-17-6-5-13(20)12-24(17)22-18(15)23-7-9-27-10-8-23/h2-6,12H,7-11H2,1H3. The third kappa shape index (κ3) is 3.75. The Labute approximate surface area is 166 Å². The van der Waals surface area contributed by atoms with Crippen molar-refractivity contribution in [1.82, 2.24) is 14.6 Å². The predicted octanol–water partition coefficient (Wildman–Crippen LogP) is 3.31. The third-order valence-electron chi connectivity index (χ3n) is 4.54. The Morgan fingerprint density at radius 3 is 2.85 bits per heavy atom. The highest BCUT2D eigenvalue weighted by molar-refractivity contribution is 7.99. The van der Waals surface area contributed by atoms with Gasteiger partial charge in [0, 0.05) is 48.5 Å². The normalized spacial score (nSPS) is 14.5. The van der Waals surface area contributed by atoms with Crippen LogP contribution < -0.4 is 4.90 Å². The predicted molar refractivity (Wildman–Crippen MR) is 108 cm³/mol. The van der Waals surface area contributed by atoms with Gasteiger partial charge in [-0.25, -0.2) is 14.3 Å². The van der Waals surface area contributed by atoms with Crippen molar-refractivity contribution in [3.63, 3.8) is 0 Å². The number of hydrogen-bond donors (Lipinski definition) is 0. The largest absolute Gasteiger partial charge is 0.464 e. The van der Waals surface area contributed by atoms with E-state index >= 15 is 0 Å². The molecular formula is C19H19ClN4O2S. The van der Waals surface area contributed by atoms with Crippen molar-refractivity contribution in [3.8, 4) is 0 Å². The van der Waals surface area contributed by atoms with Gasteiger partial charge in [-0.2, -0.15) is 11.8 Å². The van der Waals surface area contributed by atoms with E-state index in [0.29, 0.717) is 17.1 Å². The van der Waals surface area contributed by atoms with E-state index in [1.165, 1.54) is 7.11 Å². The Morgan fingerprint density at radius 2 is 2.07 bits per heavy atom. The summed E-state index contributed by atoms with van der Waals surface area (Å²) in [4.78, 5) is 18.6. The molecule has 0 spiro atoms. The Kier molecular flexibility index (Phi) is 5.22. The molecule has 8 heteroatoms. The summed E-state index contributed by atoms with van der Waals surface area (Å²) in [6.45, 7) is 1.93. The number of thioether (sulfide) groups is 1. The number of nitrogens with zero attached hydrogens (tertiary/aromatic N) is 4. The minimum absolute atomic E-state index is 0.311. The van der Waals surface area contributed by atoms with Gasteiger partial charge >= 0.3 is 5.97 Å². The number of anilines is 1. The number of carbonyl (C=O) groups is 1. The van der Waals surface area contributed by atoms with E-state index in [1.54, 1.807) is 6.07 Å². The zero-order valence-corrected chi connectivity index (χ0v) is 16.5. The van der Waals surface area contributed by atoms with Gasteiger partial charge in [-0.1, -0.05) is 17.7 Å². The molecule has 0 aromatic carbocycles. The highest BCUT2D eigenvalue weighted by Gasteiger charge is 2.21. The van der Waals surface area contributed by atoms with Crippen molar-refractivity contribution in [2.75, 3.05) is 36.6 Å². The SMILES string of the molecule is COC(=O)c1cccc(Cc2c(N3CCSCC3)nn3cc(Cl)ccc23)n1. The first-order valence-electron chi connectivity index (χ1n) is 8.69. The van der Waals surface area contributed by atoms with Crippen molar-refractivity contribution in [2.24, 2.45) is 0 Å². The molecule has 0 bridgehead atoms. The molecule has 1 aliphatic heterocycles. The van der Waals surface area contributed by atoms with Gasteiger partial charge in [-0.15, -0.1) is 5.10 Å². The van der Waals surface area contributed by atoms with Gasteiger partial charge in [0.15, 0.2) is 5.82 Å². The number of aromatic nitrogens is 3. The van der Waals surface area contributed by atoms with Crippen LogP contribution in [0.3, 0.4) is 0 Å². The second-order valence-corrected chi connectivity index (χ2v) is 7.92. The fourth-order valence-corrected chi connectivity index (χ4v) is 4.30. The average Bonchev–Trinajstić information content (AvgIpc) is 3.05. The van der Waals surface area contributed by atoms with Gasteiger partial charge in [-0.05, 0) is 24.3 Å². The number of esters is 1. The number of pyridine rings is 2. The molecule has 0 aliphatic carbocycles. The van der Waals surface area contributed by atoms with E-state index in [9.17, 15) is 4.79 Å². The second kappa shape index (κ2) is 7.78. The summed E-state index contributed by atoms with van der Waals surface area (Å²) in [6, 6.07) is 9.26. The van der Waals surface area contributed by atoms with Crippen LogP contribution in [-0.2, 0) is 11.2 Å². The summed E-state index contributed by atoms with van der Waals surface area (Å²) in [5.41, 5.74) is 3.20. The van der Waals surface area contributed by atoms with Crippen LogP contribution in [0.5, 0.6) is 0 Å². The Hall–Kier alpha value is -2.25. The quantitative estimate of drug-likeness (QED) is 0.624. The topological polar surface area (TPSA) is 59.7 Å². The molecule has 4 heterocycles. The molecule has 1 aliphatic rings. The molecule has 140 valence electrons. The highest BCUT2D eigenvalue weighted by Crippen LogP contribution is 2.29. The van der Waals surface area contributed by atoms with Gasteiger partial charge in [-0.3, -0.25) is 0 Å². The lowest BCUT2D eigenvalue weighted by Crippen LogP contribution is -2.33. The maximum atomic E-state index is 11.8. The molecule has 0 N–H and O–H groups in total. The summed E-state index contributed by atoms with van der Waals surface area (Å²) < 4.78 is 6.62. The first-order chi connectivity index (χ1) is 13.2. The fraction of sp³-hybridized carbons (Fsp3) is 0.316. The lowest BCUT2D eigenvalue weighted by atomic mass is 10.1. The van der Waals surface area contributed by atoms with E-state index in [1.807, 2.05) is 46.7 Å². The third-order valence-corrected chi connectivity index (χ3v) is 5.71. The zero-order valence-electron chi connectivity index (χ0n) is 14.9. The van der Waals surface area contributed by atoms with Crippen molar-refractivity contribution < 1.29 is 9.53 Å². The maximum absolute atomic E-state index is 11.8. The Bertz CT molecular complexity index is 985. The van der Waals surface area contributed by atoms with Gasteiger partial charge < -0.3 is 9.64 Å².